The zero-order chi connectivity index (χ0) is 29.5. The van der Waals surface area contributed by atoms with Gasteiger partial charge in [-0.05, 0) is 62.2 Å². The smallest absolute Gasteiger partial charge is 0.244 e. The van der Waals surface area contributed by atoms with Gasteiger partial charge in [-0.15, -0.1) is 0 Å². The van der Waals surface area contributed by atoms with Gasteiger partial charge in [0.2, 0.25) is 21.8 Å². The number of anilines is 1. The molecule has 0 bridgehead atoms. The number of carbonyl (C=O) groups is 2. The highest BCUT2D eigenvalue weighted by molar-refractivity contribution is 9.10. The van der Waals surface area contributed by atoms with E-state index in [2.05, 4.69) is 21.2 Å². The SMILES string of the molecule is COc1cccc(CN(C(=O)CN(c2cccc(Br)c2)S(C)(=O)=O)C(Cc2ccccc2)C(=O)NC(C)(C)C)c1. The number of halogens is 1. The molecule has 2 amide bonds. The van der Waals surface area contributed by atoms with Crippen LogP contribution in [0.3, 0.4) is 0 Å². The maximum Gasteiger partial charge on any atom is 0.244 e. The predicted octanol–water partition coefficient (Wildman–Crippen LogP) is 4.78. The van der Waals surface area contributed by atoms with Crippen molar-refractivity contribution in [1.29, 1.82) is 0 Å². The molecule has 40 heavy (non-hydrogen) atoms. The van der Waals surface area contributed by atoms with Gasteiger partial charge in [0, 0.05) is 23.0 Å². The molecule has 0 aromatic heterocycles. The van der Waals surface area contributed by atoms with Crippen LogP contribution >= 0.6 is 15.9 Å². The van der Waals surface area contributed by atoms with E-state index in [1.165, 1.54) is 4.90 Å². The zero-order valence-electron chi connectivity index (χ0n) is 23.4. The number of benzene rings is 3. The average Bonchev–Trinajstić information content (AvgIpc) is 2.88. The summed E-state index contributed by atoms with van der Waals surface area (Å²) in [5, 5.41) is 3.01. The third-order valence-electron chi connectivity index (χ3n) is 6.03. The number of hydrogen-bond acceptors (Lipinski definition) is 5. The van der Waals surface area contributed by atoms with Crippen LogP contribution in [0.5, 0.6) is 5.75 Å². The Morgan fingerprint density at radius 3 is 2.20 bits per heavy atom. The first-order chi connectivity index (χ1) is 18.8. The fourth-order valence-electron chi connectivity index (χ4n) is 4.22. The lowest BCUT2D eigenvalue weighted by Gasteiger charge is -2.35. The van der Waals surface area contributed by atoms with E-state index in [0.29, 0.717) is 15.9 Å². The Hall–Kier alpha value is -3.37. The maximum absolute atomic E-state index is 14.1. The number of hydrogen-bond donors (Lipinski definition) is 1. The molecule has 0 aliphatic heterocycles. The van der Waals surface area contributed by atoms with E-state index >= 15 is 0 Å². The van der Waals surface area contributed by atoms with Crippen LogP contribution in [0.4, 0.5) is 5.69 Å². The van der Waals surface area contributed by atoms with Crippen LogP contribution in [0, 0.1) is 0 Å². The van der Waals surface area contributed by atoms with Crippen molar-refractivity contribution in [2.75, 3.05) is 24.2 Å². The summed E-state index contributed by atoms with van der Waals surface area (Å²) in [6.07, 6.45) is 1.30. The van der Waals surface area contributed by atoms with E-state index in [1.807, 2.05) is 63.2 Å². The number of nitrogens with one attached hydrogen (secondary N) is 1. The Morgan fingerprint density at radius 1 is 0.950 bits per heavy atom. The summed E-state index contributed by atoms with van der Waals surface area (Å²) in [6, 6.07) is 22.5. The van der Waals surface area contributed by atoms with E-state index in [1.54, 1.807) is 43.5 Å². The minimum atomic E-state index is -3.84. The molecule has 3 aromatic rings. The molecule has 0 fully saturated rings. The number of ether oxygens (including phenoxy) is 1. The first-order valence-corrected chi connectivity index (χ1v) is 15.4. The van der Waals surface area contributed by atoms with Gasteiger partial charge >= 0.3 is 0 Å². The molecule has 1 unspecified atom stereocenters. The molecular formula is C30H36BrN3O5S. The Morgan fingerprint density at radius 2 is 1.60 bits per heavy atom. The quantitative estimate of drug-likeness (QED) is 0.329. The van der Waals surface area contributed by atoms with Gasteiger partial charge in [-0.25, -0.2) is 8.42 Å². The van der Waals surface area contributed by atoms with E-state index in [0.717, 1.165) is 21.7 Å². The van der Waals surface area contributed by atoms with Crippen LogP contribution in [0.25, 0.3) is 0 Å². The van der Waals surface area contributed by atoms with Gasteiger partial charge in [-0.1, -0.05) is 64.5 Å². The molecule has 0 aliphatic rings. The lowest BCUT2D eigenvalue weighted by molar-refractivity contribution is -0.140. The molecule has 0 radical (unpaired) electrons. The van der Waals surface area contributed by atoms with Crippen molar-refractivity contribution in [2.45, 2.75) is 45.3 Å². The average molecular weight is 631 g/mol. The second-order valence-corrected chi connectivity index (χ2v) is 13.4. The van der Waals surface area contributed by atoms with Crippen molar-refractivity contribution < 1.29 is 22.7 Å². The summed E-state index contributed by atoms with van der Waals surface area (Å²) < 4.78 is 32.8. The zero-order valence-corrected chi connectivity index (χ0v) is 25.8. The van der Waals surface area contributed by atoms with E-state index in [-0.39, 0.29) is 18.9 Å². The van der Waals surface area contributed by atoms with Gasteiger partial charge in [0.05, 0.1) is 19.1 Å². The highest BCUT2D eigenvalue weighted by atomic mass is 79.9. The number of methoxy groups -OCH3 is 1. The van der Waals surface area contributed by atoms with Crippen molar-refractivity contribution >= 4 is 43.5 Å². The van der Waals surface area contributed by atoms with Gasteiger partial charge in [-0.3, -0.25) is 13.9 Å². The molecule has 3 aromatic carbocycles. The Labute approximate surface area is 245 Å². The van der Waals surface area contributed by atoms with Crippen LogP contribution in [0.1, 0.15) is 31.9 Å². The van der Waals surface area contributed by atoms with Gasteiger partial charge in [-0.2, -0.15) is 0 Å². The number of amides is 2. The van der Waals surface area contributed by atoms with Gasteiger partial charge < -0.3 is 15.0 Å². The van der Waals surface area contributed by atoms with Crippen molar-refractivity contribution in [3.05, 3.63) is 94.5 Å². The molecule has 1 N–H and O–H groups in total. The molecule has 0 aliphatic carbocycles. The van der Waals surface area contributed by atoms with Crippen LogP contribution in [0.15, 0.2) is 83.3 Å². The topological polar surface area (TPSA) is 96.0 Å². The fraction of sp³-hybridized carbons (Fsp3) is 0.333. The van der Waals surface area contributed by atoms with Crippen molar-refractivity contribution in [3.63, 3.8) is 0 Å². The molecule has 10 heteroatoms. The van der Waals surface area contributed by atoms with E-state index in [9.17, 15) is 18.0 Å². The van der Waals surface area contributed by atoms with E-state index in [4.69, 9.17) is 4.74 Å². The number of rotatable bonds is 11. The maximum atomic E-state index is 14.1. The molecule has 1 atom stereocenters. The highest BCUT2D eigenvalue weighted by Crippen LogP contribution is 2.24. The highest BCUT2D eigenvalue weighted by Gasteiger charge is 2.34. The molecule has 0 spiro atoms. The molecular weight excluding hydrogens is 594 g/mol. The van der Waals surface area contributed by atoms with Crippen molar-refractivity contribution in [1.82, 2.24) is 10.2 Å². The fourth-order valence-corrected chi connectivity index (χ4v) is 5.45. The standard InChI is InChI=1S/C30H36BrN3O5S/c1-30(2,3)32-29(36)27(18-22-11-7-6-8-12-22)33(20-23-13-9-16-26(17-23)39-4)28(35)21-34(40(5,37)38)25-15-10-14-24(31)19-25/h6-17,19,27H,18,20-21H2,1-5H3,(H,32,36). The summed E-state index contributed by atoms with van der Waals surface area (Å²) in [7, 11) is -2.28. The second-order valence-electron chi connectivity index (χ2n) is 10.6. The lowest BCUT2D eigenvalue weighted by atomic mass is 10.0. The largest absolute Gasteiger partial charge is 0.497 e. The first kappa shape index (κ1) is 31.2. The van der Waals surface area contributed by atoms with Crippen LogP contribution in [0.2, 0.25) is 0 Å². The third kappa shape index (κ3) is 9.09. The minimum Gasteiger partial charge on any atom is -0.497 e. The Kier molecular flexibility index (Phi) is 10.4. The summed E-state index contributed by atoms with van der Waals surface area (Å²) in [5.41, 5.74) is 1.39. The number of carbonyl (C=O) groups excluding carboxylic acids is 2. The summed E-state index contributed by atoms with van der Waals surface area (Å²) in [6.45, 7) is 5.21. The normalized spacial score (nSPS) is 12.3. The second kappa shape index (κ2) is 13.3. The molecule has 8 nitrogen and oxygen atoms in total. The molecule has 0 heterocycles. The molecule has 3 rings (SSSR count). The Balaban J connectivity index is 2.09. The molecule has 0 saturated heterocycles. The lowest BCUT2D eigenvalue weighted by Crippen LogP contribution is -2.56. The van der Waals surface area contributed by atoms with Crippen molar-refractivity contribution in [3.8, 4) is 5.75 Å². The monoisotopic (exact) mass is 629 g/mol. The molecule has 214 valence electrons. The van der Waals surface area contributed by atoms with Crippen molar-refractivity contribution in [2.24, 2.45) is 0 Å². The summed E-state index contributed by atoms with van der Waals surface area (Å²) >= 11 is 3.38. The third-order valence-corrected chi connectivity index (χ3v) is 7.67. The Bertz CT molecular complexity index is 1420. The minimum absolute atomic E-state index is 0.0706. The summed E-state index contributed by atoms with van der Waals surface area (Å²) in [5.74, 6) is -0.241. The van der Waals surface area contributed by atoms with Crippen LogP contribution in [-0.4, -0.2) is 56.6 Å². The first-order valence-electron chi connectivity index (χ1n) is 12.8. The van der Waals surface area contributed by atoms with Crippen LogP contribution in [-0.2, 0) is 32.6 Å². The van der Waals surface area contributed by atoms with Crippen LogP contribution < -0.4 is 14.4 Å². The van der Waals surface area contributed by atoms with Gasteiger partial charge in [0.1, 0.15) is 18.3 Å². The van der Waals surface area contributed by atoms with Gasteiger partial charge in [0.25, 0.3) is 0 Å². The number of nitrogens with zero attached hydrogens (tertiary/aromatic N) is 2. The summed E-state index contributed by atoms with van der Waals surface area (Å²) in [4.78, 5) is 29.3. The van der Waals surface area contributed by atoms with Gasteiger partial charge in [0.15, 0.2) is 0 Å². The number of sulfonamides is 1. The predicted molar refractivity (Wildman–Crippen MR) is 162 cm³/mol. The molecule has 0 saturated carbocycles. The van der Waals surface area contributed by atoms with E-state index < -0.39 is 34.1 Å².